The maximum Gasteiger partial charge on any atom is 0.294 e. The summed E-state index contributed by atoms with van der Waals surface area (Å²) in [6.45, 7) is 13.3. The zero-order chi connectivity index (χ0) is 32.0. The first kappa shape index (κ1) is 46.4. The van der Waals surface area contributed by atoms with Gasteiger partial charge in [-0.2, -0.15) is 0 Å². The average molecular weight is 592 g/mol. The number of ketones is 1. The second kappa shape index (κ2) is 42.9. The molecular formula is C33H69NO7. The minimum Gasteiger partial charge on any atom is -0.393 e. The molecule has 0 radical (unpaired) electrons. The number of ether oxygens (including phenoxy) is 1. The zero-order valence-corrected chi connectivity index (χ0v) is 28.1. The molecule has 0 heterocycles. The molecule has 8 nitrogen and oxygen atoms in total. The largest absolute Gasteiger partial charge is 0.393 e. The van der Waals surface area contributed by atoms with Gasteiger partial charge in [-0.15, -0.1) is 10.1 Å². The Kier molecular flexibility index (Phi) is 48.6. The van der Waals surface area contributed by atoms with E-state index in [9.17, 15) is 24.8 Å². The number of unbranched alkanes of at least 4 members (excludes halogenated alkanes) is 11. The minimum atomic E-state index is -0.755. The SMILES string of the molecule is CC.CC.CCCCCCC=O.CCCCCCCC(=O)CCC1CC[C@H](O)C1.COCCCCCCO[N+](=O)[O-]. The fourth-order valence-corrected chi connectivity index (χ4v) is 4.22. The van der Waals surface area contributed by atoms with E-state index in [1.54, 1.807) is 7.11 Å². The lowest BCUT2D eigenvalue weighted by Crippen LogP contribution is -2.04. The predicted molar refractivity (Wildman–Crippen MR) is 172 cm³/mol. The molecule has 41 heavy (non-hydrogen) atoms. The predicted octanol–water partition coefficient (Wildman–Crippen LogP) is 9.47. The van der Waals surface area contributed by atoms with Crippen LogP contribution in [0.1, 0.15) is 170 Å². The van der Waals surface area contributed by atoms with E-state index in [1.165, 1.54) is 44.9 Å². The van der Waals surface area contributed by atoms with Crippen molar-refractivity contribution >= 4 is 12.1 Å². The summed E-state index contributed by atoms with van der Waals surface area (Å²) in [7, 11) is 1.66. The molecule has 8 heteroatoms. The second-order valence-corrected chi connectivity index (χ2v) is 10.1. The van der Waals surface area contributed by atoms with Gasteiger partial charge in [0.25, 0.3) is 5.09 Å². The van der Waals surface area contributed by atoms with Gasteiger partial charge in [0.15, 0.2) is 0 Å². The van der Waals surface area contributed by atoms with Crippen LogP contribution in [0.2, 0.25) is 0 Å². The monoisotopic (exact) mass is 592 g/mol. The lowest BCUT2D eigenvalue weighted by atomic mass is 9.98. The van der Waals surface area contributed by atoms with Crippen LogP contribution in [-0.4, -0.2) is 48.7 Å². The number of carbonyl (C=O) groups excluding carboxylic acids is 2. The Labute approximate surface area is 253 Å². The highest BCUT2D eigenvalue weighted by atomic mass is 16.9. The van der Waals surface area contributed by atoms with Gasteiger partial charge in [0, 0.05) is 33.0 Å². The number of Topliss-reactive ketones (excluding diaryl/α,β-unsaturated/α-hetero) is 1. The van der Waals surface area contributed by atoms with Crippen molar-refractivity contribution in [2.75, 3.05) is 20.3 Å². The smallest absolute Gasteiger partial charge is 0.294 e. The van der Waals surface area contributed by atoms with Crippen molar-refractivity contribution in [2.24, 2.45) is 5.92 Å². The molecular weight excluding hydrogens is 522 g/mol. The zero-order valence-electron chi connectivity index (χ0n) is 28.1. The highest BCUT2D eigenvalue weighted by Crippen LogP contribution is 2.29. The van der Waals surface area contributed by atoms with Crippen LogP contribution in [0.3, 0.4) is 0 Å². The van der Waals surface area contributed by atoms with Gasteiger partial charge < -0.3 is 19.5 Å². The lowest BCUT2D eigenvalue weighted by molar-refractivity contribution is -0.757. The summed E-state index contributed by atoms with van der Waals surface area (Å²) < 4.78 is 4.85. The number of hydrogen-bond donors (Lipinski definition) is 1. The van der Waals surface area contributed by atoms with Crippen LogP contribution in [0.25, 0.3) is 0 Å². The molecule has 1 aliphatic rings. The van der Waals surface area contributed by atoms with Gasteiger partial charge in [0.05, 0.1) is 12.7 Å². The standard InChI is InChI=1S/C15H28O2.C7H15NO4.C7H14O.2C2H6/c1-2-3-4-5-6-7-14(16)10-8-13-9-11-15(17)12-13;1-11-6-4-2-3-5-7-12-8(9)10;1-2-3-4-5-6-7-8;2*1-2/h13,15,17H,2-12H2,1H3;2-7H2,1H3;7H,2-6H2,1H3;2*1-2H3/t13?,15-;;;;/m0..../s1. The first-order chi connectivity index (χ1) is 19.9. The van der Waals surface area contributed by atoms with Gasteiger partial charge in [-0.1, -0.05) is 99.3 Å². The average Bonchev–Trinajstić information content (AvgIpc) is 3.41. The third-order valence-corrected chi connectivity index (χ3v) is 6.52. The summed E-state index contributed by atoms with van der Waals surface area (Å²) in [5.41, 5.74) is 0. The first-order valence-electron chi connectivity index (χ1n) is 16.8. The molecule has 0 aliphatic heterocycles. The normalized spacial score (nSPS) is 14.9. The molecule has 1 N–H and O–H groups in total. The van der Waals surface area contributed by atoms with Gasteiger partial charge in [-0.3, -0.25) is 4.79 Å². The molecule has 0 amide bonds. The summed E-state index contributed by atoms with van der Waals surface area (Å²) in [6.07, 6.45) is 21.8. The van der Waals surface area contributed by atoms with Gasteiger partial charge in [-0.25, -0.2) is 0 Å². The molecule has 0 saturated heterocycles. The van der Waals surface area contributed by atoms with Gasteiger partial charge in [0.1, 0.15) is 12.1 Å². The summed E-state index contributed by atoms with van der Waals surface area (Å²) in [5.74, 6) is 1.04. The molecule has 0 spiro atoms. The third-order valence-electron chi connectivity index (χ3n) is 6.52. The van der Waals surface area contributed by atoms with E-state index in [0.717, 1.165) is 96.4 Å². The molecule has 0 aromatic rings. The van der Waals surface area contributed by atoms with E-state index < -0.39 is 5.09 Å². The van der Waals surface area contributed by atoms with Crippen LogP contribution in [0.5, 0.6) is 0 Å². The summed E-state index contributed by atoms with van der Waals surface area (Å²) in [4.78, 5) is 35.3. The van der Waals surface area contributed by atoms with Crippen LogP contribution in [0, 0.1) is 16.0 Å². The Morgan fingerprint density at radius 1 is 0.829 bits per heavy atom. The highest BCUT2D eigenvalue weighted by molar-refractivity contribution is 5.78. The van der Waals surface area contributed by atoms with Crippen molar-refractivity contribution in [1.82, 2.24) is 0 Å². The van der Waals surface area contributed by atoms with Crippen LogP contribution in [0.15, 0.2) is 0 Å². The molecule has 1 aliphatic carbocycles. The number of aliphatic hydroxyl groups is 1. The summed E-state index contributed by atoms with van der Waals surface area (Å²) in [6, 6.07) is 0. The van der Waals surface area contributed by atoms with E-state index in [1.807, 2.05) is 27.7 Å². The highest BCUT2D eigenvalue weighted by Gasteiger charge is 2.22. The molecule has 1 fully saturated rings. The Balaban J connectivity index is -0.000000250. The van der Waals surface area contributed by atoms with Crippen molar-refractivity contribution < 1.29 is 29.4 Å². The maximum atomic E-state index is 11.7. The second-order valence-electron chi connectivity index (χ2n) is 10.1. The molecule has 1 unspecified atom stereocenters. The van der Waals surface area contributed by atoms with Crippen LogP contribution < -0.4 is 0 Å². The number of aldehydes is 1. The number of rotatable bonds is 22. The quantitative estimate of drug-likeness (QED) is 0.0576. The van der Waals surface area contributed by atoms with Crippen molar-refractivity contribution in [3.05, 3.63) is 10.1 Å². The van der Waals surface area contributed by atoms with Crippen molar-refractivity contribution in [1.29, 1.82) is 0 Å². The van der Waals surface area contributed by atoms with Crippen LogP contribution in [-0.2, 0) is 19.2 Å². The van der Waals surface area contributed by atoms with Crippen molar-refractivity contribution in [3.63, 3.8) is 0 Å². The topological polar surface area (TPSA) is 116 Å². The Morgan fingerprint density at radius 2 is 1.37 bits per heavy atom. The Morgan fingerprint density at radius 3 is 1.85 bits per heavy atom. The number of hydrogen-bond acceptors (Lipinski definition) is 7. The summed E-state index contributed by atoms with van der Waals surface area (Å²) in [5, 5.41) is 18.3. The number of aliphatic hydroxyl groups excluding tert-OH is 1. The van der Waals surface area contributed by atoms with E-state index in [2.05, 4.69) is 18.7 Å². The van der Waals surface area contributed by atoms with Gasteiger partial charge in [-0.05, 0) is 57.3 Å². The van der Waals surface area contributed by atoms with Crippen molar-refractivity contribution in [2.45, 2.75) is 176 Å². The third kappa shape index (κ3) is 45.7. The maximum absolute atomic E-state index is 11.7. The lowest BCUT2D eigenvalue weighted by Gasteiger charge is -2.08. The fraction of sp³-hybridized carbons (Fsp3) is 0.939. The van der Waals surface area contributed by atoms with Crippen molar-refractivity contribution in [3.8, 4) is 0 Å². The molecule has 1 rings (SSSR count). The molecule has 1 saturated carbocycles. The molecule has 0 bridgehead atoms. The van der Waals surface area contributed by atoms with E-state index in [0.29, 0.717) is 11.7 Å². The van der Waals surface area contributed by atoms with Gasteiger partial charge in [0.2, 0.25) is 0 Å². The summed E-state index contributed by atoms with van der Waals surface area (Å²) >= 11 is 0. The fourth-order valence-electron chi connectivity index (χ4n) is 4.22. The Hall–Kier alpha value is -1.54. The van der Waals surface area contributed by atoms with Crippen LogP contribution in [0.4, 0.5) is 0 Å². The van der Waals surface area contributed by atoms with E-state index in [4.69, 9.17) is 4.74 Å². The number of methoxy groups -OCH3 is 1. The molecule has 0 aromatic carbocycles. The molecule has 0 aromatic heterocycles. The number of nitrogens with zero attached hydrogens (tertiary/aromatic N) is 1. The van der Waals surface area contributed by atoms with E-state index in [-0.39, 0.29) is 12.7 Å². The first-order valence-corrected chi connectivity index (χ1v) is 16.8. The Bertz CT molecular complexity index is 518. The van der Waals surface area contributed by atoms with Crippen LogP contribution >= 0.6 is 0 Å². The molecule has 2 atom stereocenters. The van der Waals surface area contributed by atoms with Gasteiger partial charge >= 0.3 is 0 Å². The number of carbonyl (C=O) groups is 2. The minimum absolute atomic E-state index is 0.0934. The van der Waals surface area contributed by atoms with E-state index >= 15 is 0 Å². The molecule has 248 valence electrons.